The molecule has 3 aromatic rings. The molecule has 0 radical (unpaired) electrons. The van der Waals surface area contributed by atoms with Gasteiger partial charge in [-0.1, -0.05) is 12.1 Å². The summed E-state index contributed by atoms with van der Waals surface area (Å²) >= 11 is 0. The lowest BCUT2D eigenvalue weighted by atomic mass is 9.99. The molecule has 1 unspecified atom stereocenters. The number of likely N-dealkylation sites (N-methyl/N-ethyl adjacent to an activating group) is 1. The third kappa shape index (κ3) is 5.57. The summed E-state index contributed by atoms with van der Waals surface area (Å²) in [6.07, 6.45) is 2.02. The molecule has 0 saturated heterocycles. The van der Waals surface area contributed by atoms with Crippen molar-refractivity contribution in [3.05, 3.63) is 77.1 Å². The molecule has 0 spiro atoms. The molecule has 2 heterocycles. The number of aromatic nitrogens is 1. The number of sulfonamides is 1. The highest BCUT2D eigenvalue weighted by Crippen LogP contribution is 2.34. The van der Waals surface area contributed by atoms with Crippen molar-refractivity contribution in [2.75, 3.05) is 47.6 Å². The van der Waals surface area contributed by atoms with Gasteiger partial charge in [-0.15, -0.1) is 0 Å². The molecule has 204 valence electrons. The zero-order chi connectivity index (χ0) is 27.4. The van der Waals surface area contributed by atoms with E-state index in [9.17, 15) is 13.2 Å². The highest BCUT2D eigenvalue weighted by molar-refractivity contribution is 7.89. The number of methoxy groups -OCH3 is 2. The zero-order valence-electron chi connectivity index (χ0n) is 22.5. The summed E-state index contributed by atoms with van der Waals surface area (Å²) in [6, 6.07) is 14.9. The molecule has 0 N–H and O–H groups in total. The Morgan fingerprint density at radius 3 is 2.39 bits per heavy atom. The first-order chi connectivity index (χ1) is 18.2. The number of carbonyl (C=O) groups is 1. The lowest BCUT2D eigenvalue weighted by Crippen LogP contribution is -2.44. The third-order valence-electron chi connectivity index (χ3n) is 6.88. The summed E-state index contributed by atoms with van der Waals surface area (Å²) in [5.74, 6) is 1.18. The first-order valence-corrected chi connectivity index (χ1v) is 13.9. The van der Waals surface area contributed by atoms with E-state index in [2.05, 4.69) is 4.57 Å². The zero-order valence-corrected chi connectivity index (χ0v) is 23.3. The van der Waals surface area contributed by atoms with Crippen molar-refractivity contribution < 1.29 is 27.4 Å². The molecule has 1 aliphatic heterocycles. The topological polar surface area (TPSA) is 90.3 Å². The van der Waals surface area contributed by atoms with Gasteiger partial charge in [0.25, 0.3) is 0 Å². The molecule has 38 heavy (non-hydrogen) atoms. The van der Waals surface area contributed by atoms with Gasteiger partial charge in [-0.3, -0.25) is 4.79 Å². The number of amides is 1. The van der Waals surface area contributed by atoms with E-state index in [1.807, 2.05) is 47.5 Å². The molecule has 0 bridgehead atoms. The van der Waals surface area contributed by atoms with Crippen LogP contribution in [-0.4, -0.2) is 75.7 Å². The van der Waals surface area contributed by atoms with Gasteiger partial charge >= 0.3 is 0 Å². The van der Waals surface area contributed by atoms with Gasteiger partial charge in [0.1, 0.15) is 18.1 Å². The van der Waals surface area contributed by atoms with Crippen LogP contribution in [0.3, 0.4) is 0 Å². The number of aryl methyl sites for hydroxylation is 2. The van der Waals surface area contributed by atoms with Crippen LogP contribution in [-0.2, 0) is 26.1 Å². The lowest BCUT2D eigenvalue weighted by molar-refractivity contribution is -0.138. The Bertz CT molecular complexity index is 1380. The summed E-state index contributed by atoms with van der Waals surface area (Å²) in [7, 11) is 0.946. The Hall–Kier alpha value is -3.34. The van der Waals surface area contributed by atoms with Gasteiger partial charge < -0.3 is 23.7 Å². The van der Waals surface area contributed by atoms with Crippen molar-refractivity contribution in [1.82, 2.24) is 13.8 Å². The van der Waals surface area contributed by atoms with Gasteiger partial charge in [0, 0.05) is 38.6 Å². The Morgan fingerprint density at radius 2 is 1.71 bits per heavy atom. The van der Waals surface area contributed by atoms with E-state index in [0.717, 1.165) is 17.0 Å². The minimum absolute atomic E-state index is 0.0871. The number of hydrogen-bond acceptors (Lipinski definition) is 6. The van der Waals surface area contributed by atoms with Crippen molar-refractivity contribution in [3.63, 3.8) is 0 Å². The van der Waals surface area contributed by atoms with E-state index in [1.54, 1.807) is 40.2 Å². The van der Waals surface area contributed by atoms with E-state index in [4.69, 9.17) is 14.2 Å². The molecule has 1 atom stereocenters. The molecular weight excluding hydrogens is 506 g/mol. The predicted octanol–water partition coefficient (Wildman–Crippen LogP) is 3.39. The van der Waals surface area contributed by atoms with E-state index >= 15 is 0 Å². The van der Waals surface area contributed by atoms with Crippen LogP contribution in [0.4, 0.5) is 0 Å². The standard InChI is InChI=1S/C28H35N3O6S/c1-20-16-24(36-5)17-21(2)28(20)38(33,34)29(3)14-15-37-19-26(32)31-13-12-30-11-7-10-25(30)27(31)22-8-6-9-23(18-22)35-4/h6-11,16-18,27H,12-15,19H2,1-5H3. The normalized spacial score (nSPS) is 15.4. The summed E-state index contributed by atoms with van der Waals surface area (Å²) < 4.78 is 46.2. The molecule has 1 aromatic heterocycles. The summed E-state index contributed by atoms with van der Waals surface area (Å²) in [6.45, 7) is 4.78. The van der Waals surface area contributed by atoms with Gasteiger partial charge in [0.2, 0.25) is 15.9 Å². The predicted molar refractivity (Wildman–Crippen MR) is 144 cm³/mol. The Balaban J connectivity index is 1.41. The van der Waals surface area contributed by atoms with E-state index < -0.39 is 10.0 Å². The fourth-order valence-electron chi connectivity index (χ4n) is 4.96. The van der Waals surface area contributed by atoms with E-state index in [1.165, 1.54) is 11.4 Å². The average Bonchev–Trinajstić information content (AvgIpc) is 3.38. The van der Waals surface area contributed by atoms with Gasteiger partial charge in [-0.2, -0.15) is 4.31 Å². The van der Waals surface area contributed by atoms with Gasteiger partial charge in [0.15, 0.2) is 0 Å². The minimum Gasteiger partial charge on any atom is -0.497 e. The maximum atomic E-state index is 13.3. The van der Waals surface area contributed by atoms with Crippen LogP contribution < -0.4 is 9.47 Å². The quantitative estimate of drug-likeness (QED) is 0.366. The molecule has 0 saturated carbocycles. The largest absolute Gasteiger partial charge is 0.497 e. The Labute approximate surface area is 224 Å². The second-order valence-electron chi connectivity index (χ2n) is 9.36. The van der Waals surface area contributed by atoms with Crippen LogP contribution in [0.1, 0.15) is 28.4 Å². The molecule has 9 nitrogen and oxygen atoms in total. The Morgan fingerprint density at radius 1 is 1.00 bits per heavy atom. The van der Waals surface area contributed by atoms with Crippen LogP contribution in [0.25, 0.3) is 0 Å². The Kier molecular flexibility index (Phi) is 8.44. The molecule has 1 aliphatic rings. The van der Waals surface area contributed by atoms with Gasteiger partial charge in [-0.05, 0) is 66.9 Å². The number of ether oxygens (including phenoxy) is 3. The molecule has 2 aromatic carbocycles. The van der Waals surface area contributed by atoms with Crippen LogP contribution in [0.5, 0.6) is 11.5 Å². The number of fused-ring (bicyclic) bond motifs is 1. The number of nitrogens with zero attached hydrogens (tertiary/aromatic N) is 3. The molecule has 0 aliphatic carbocycles. The third-order valence-corrected chi connectivity index (χ3v) is 9.05. The molecule has 10 heteroatoms. The van der Waals surface area contributed by atoms with Gasteiger partial charge in [0.05, 0.1) is 31.8 Å². The van der Waals surface area contributed by atoms with Crippen LogP contribution >= 0.6 is 0 Å². The monoisotopic (exact) mass is 541 g/mol. The second kappa shape index (κ2) is 11.6. The molecular formula is C28H35N3O6S. The number of benzene rings is 2. The maximum Gasteiger partial charge on any atom is 0.249 e. The maximum absolute atomic E-state index is 13.3. The van der Waals surface area contributed by atoms with E-state index in [0.29, 0.717) is 30.0 Å². The summed E-state index contributed by atoms with van der Waals surface area (Å²) in [5.41, 5.74) is 3.20. The number of hydrogen-bond donors (Lipinski definition) is 0. The summed E-state index contributed by atoms with van der Waals surface area (Å²) in [5, 5.41) is 0. The molecule has 4 rings (SSSR count). The highest BCUT2D eigenvalue weighted by atomic mass is 32.2. The highest BCUT2D eigenvalue weighted by Gasteiger charge is 2.32. The second-order valence-corrected chi connectivity index (χ2v) is 11.3. The fraction of sp³-hybridized carbons (Fsp3) is 0.393. The van der Waals surface area contributed by atoms with Crippen molar-refractivity contribution >= 4 is 15.9 Å². The van der Waals surface area contributed by atoms with Crippen molar-refractivity contribution in [1.29, 1.82) is 0 Å². The minimum atomic E-state index is -3.74. The van der Waals surface area contributed by atoms with Crippen LogP contribution in [0.2, 0.25) is 0 Å². The fourth-order valence-corrected chi connectivity index (χ4v) is 6.52. The first kappa shape index (κ1) is 27.7. The number of rotatable bonds is 10. The lowest BCUT2D eigenvalue weighted by Gasteiger charge is -2.37. The molecule has 1 amide bonds. The SMILES string of the molecule is COc1cccc(C2c3cccn3CCN2C(=O)COCCN(C)S(=O)(=O)c2c(C)cc(OC)cc2C)c1. The smallest absolute Gasteiger partial charge is 0.249 e. The van der Waals surface area contributed by atoms with Crippen molar-refractivity contribution in [3.8, 4) is 11.5 Å². The van der Waals surface area contributed by atoms with Crippen molar-refractivity contribution in [2.24, 2.45) is 0 Å². The first-order valence-electron chi connectivity index (χ1n) is 12.4. The van der Waals surface area contributed by atoms with E-state index in [-0.39, 0.29) is 36.6 Å². The van der Waals surface area contributed by atoms with Crippen LogP contribution in [0.15, 0.2) is 59.6 Å². The average molecular weight is 542 g/mol. The van der Waals surface area contributed by atoms with Gasteiger partial charge in [-0.25, -0.2) is 8.42 Å². The number of carbonyl (C=O) groups excluding carboxylic acids is 1. The van der Waals surface area contributed by atoms with Crippen LogP contribution in [0, 0.1) is 13.8 Å². The molecule has 0 fully saturated rings. The van der Waals surface area contributed by atoms with Crippen molar-refractivity contribution in [2.45, 2.75) is 31.3 Å². The summed E-state index contributed by atoms with van der Waals surface area (Å²) in [4.78, 5) is 15.4.